The Morgan fingerprint density at radius 2 is 1.91 bits per heavy atom. The lowest BCUT2D eigenvalue weighted by molar-refractivity contribution is -0.152. The van der Waals surface area contributed by atoms with Crippen LogP contribution in [-0.2, 0) is 31.5 Å². The van der Waals surface area contributed by atoms with Crippen molar-refractivity contribution in [3.05, 3.63) is 40.2 Å². The van der Waals surface area contributed by atoms with E-state index < -0.39 is 17.5 Å². The van der Waals surface area contributed by atoms with Gasteiger partial charge in [-0.15, -0.1) is 0 Å². The van der Waals surface area contributed by atoms with Crippen LogP contribution in [-0.4, -0.2) is 71.2 Å². The van der Waals surface area contributed by atoms with Gasteiger partial charge in [-0.1, -0.05) is 6.92 Å². The molecule has 5 rings (SSSR count). The van der Waals surface area contributed by atoms with Crippen molar-refractivity contribution in [3.63, 3.8) is 0 Å². The normalized spacial score (nSPS) is 25.7. The third-order valence-corrected chi connectivity index (χ3v) is 8.07. The molecule has 0 saturated carbocycles. The van der Waals surface area contributed by atoms with E-state index in [1.54, 1.807) is 11.8 Å². The van der Waals surface area contributed by atoms with Crippen LogP contribution in [0.4, 0.5) is 8.78 Å². The summed E-state index contributed by atoms with van der Waals surface area (Å²) in [6.45, 7) is 8.07. The molecule has 1 spiro atoms. The summed E-state index contributed by atoms with van der Waals surface area (Å²) >= 11 is 0. The molecule has 5 heterocycles. The van der Waals surface area contributed by atoms with Crippen molar-refractivity contribution < 1.29 is 27.8 Å². The second-order valence-corrected chi connectivity index (χ2v) is 10.5. The summed E-state index contributed by atoms with van der Waals surface area (Å²) in [6, 6.07) is 1.91. The Morgan fingerprint density at radius 1 is 1.23 bits per heavy atom. The quantitative estimate of drug-likeness (QED) is 0.605. The summed E-state index contributed by atoms with van der Waals surface area (Å²) in [5.41, 5.74) is 1.09. The fraction of sp³-hybridized carbons (Fsp3) is 0.654. The number of amides is 1. The number of hydrogen-bond acceptors (Lipinski definition) is 6. The summed E-state index contributed by atoms with van der Waals surface area (Å²) in [6.07, 6.45) is 4.35. The molecule has 4 aliphatic heterocycles. The maximum Gasteiger partial charge on any atom is 0.335 e. The molecule has 1 atom stereocenters. The molecule has 0 aliphatic carbocycles. The predicted octanol–water partition coefficient (Wildman–Crippen LogP) is 3.53. The molecule has 0 radical (unpaired) electrons. The van der Waals surface area contributed by atoms with Gasteiger partial charge >= 0.3 is 5.97 Å². The molecule has 1 aromatic rings. The van der Waals surface area contributed by atoms with Gasteiger partial charge in [-0.05, 0) is 31.4 Å². The third kappa shape index (κ3) is 4.37. The van der Waals surface area contributed by atoms with Gasteiger partial charge in [0.2, 0.25) is 0 Å². The fourth-order valence-corrected chi connectivity index (χ4v) is 6.09. The van der Waals surface area contributed by atoms with Gasteiger partial charge in [0.05, 0.1) is 5.57 Å². The molecule has 9 heteroatoms. The number of fused-ring (bicyclic) bond motifs is 1. The number of rotatable bonds is 3. The van der Waals surface area contributed by atoms with Crippen molar-refractivity contribution in [2.75, 3.05) is 32.8 Å². The lowest BCUT2D eigenvalue weighted by Crippen LogP contribution is -2.53. The number of hydrogen-bond donors (Lipinski definition) is 0. The van der Waals surface area contributed by atoms with Crippen LogP contribution >= 0.6 is 0 Å². The van der Waals surface area contributed by atoms with Gasteiger partial charge in [0.15, 0.2) is 0 Å². The summed E-state index contributed by atoms with van der Waals surface area (Å²) in [4.78, 5) is 34.9. The number of piperidine rings is 1. The van der Waals surface area contributed by atoms with Crippen LogP contribution in [0.5, 0.6) is 0 Å². The van der Waals surface area contributed by atoms with Crippen LogP contribution in [0.25, 0.3) is 0 Å². The first-order valence-electron chi connectivity index (χ1n) is 12.5. The van der Waals surface area contributed by atoms with Gasteiger partial charge < -0.3 is 14.4 Å². The van der Waals surface area contributed by atoms with E-state index >= 15 is 0 Å². The topological polar surface area (TPSA) is 72.0 Å². The Balaban J connectivity index is 1.37. The number of carbonyl (C=O) groups is 2. The number of carbonyl (C=O) groups excluding carboxylic acids is 2. The zero-order valence-corrected chi connectivity index (χ0v) is 20.6. The van der Waals surface area contributed by atoms with Crippen molar-refractivity contribution >= 4 is 11.9 Å². The summed E-state index contributed by atoms with van der Waals surface area (Å²) < 4.78 is 39.2. The highest BCUT2D eigenvalue weighted by Gasteiger charge is 2.52. The molecule has 0 N–H and O–H groups in total. The van der Waals surface area contributed by atoms with Crippen LogP contribution in [0.3, 0.4) is 0 Å². The van der Waals surface area contributed by atoms with E-state index in [-0.39, 0.29) is 23.9 Å². The van der Waals surface area contributed by atoms with Crippen molar-refractivity contribution in [1.82, 2.24) is 14.8 Å². The Hall–Kier alpha value is -2.39. The summed E-state index contributed by atoms with van der Waals surface area (Å²) in [5, 5.41) is 0. The first-order valence-corrected chi connectivity index (χ1v) is 12.5. The van der Waals surface area contributed by atoms with E-state index in [2.05, 4.69) is 9.88 Å². The Labute approximate surface area is 204 Å². The average Bonchev–Trinajstić information content (AvgIpc) is 3.07. The van der Waals surface area contributed by atoms with Gasteiger partial charge in [-0.2, -0.15) is 0 Å². The van der Waals surface area contributed by atoms with E-state index in [0.29, 0.717) is 42.1 Å². The second-order valence-electron chi connectivity index (χ2n) is 10.5. The fourth-order valence-electron chi connectivity index (χ4n) is 6.09. The molecule has 0 aromatic carbocycles. The molecule has 190 valence electrons. The zero-order valence-electron chi connectivity index (χ0n) is 20.6. The number of aromatic nitrogens is 1. The van der Waals surface area contributed by atoms with Gasteiger partial charge in [0.25, 0.3) is 11.8 Å². The summed E-state index contributed by atoms with van der Waals surface area (Å²) in [5.74, 6) is -3.79. The largest absolute Gasteiger partial charge is 0.450 e. The van der Waals surface area contributed by atoms with E-state index in [1.165, 1.54) is 12.3 Å². The molecule has 1 unspecified atom stereocenters. The van der Waals surface area contributed by atoms with Crippen LogP contribution in [0.2, 0.25) is 0 Å². The minimum atomic E-state index is -3.01. The number of esters is 1. The number of ether oxygens (including phenoxy) is 2. The first kappa shape index (κ1) is 24.3. The SMILES string of the molecule is CC1=C(C(=O)N2Cc3cc(C(C)(F)F)cnc3C(C)C2)C2(CCN(C3CCOCC3)CC2)OC1=O. The minimum Gasteiger partial charge on any atom is -0.450 e. The first-order chi connectivity index (χ1) is 16.6. The number of nitrogens with zero attached hydrogens (tertiary/aromatic N) is 3. The Bertz CT molecular complexity index is 1050. The Kier molecular flexibility index (Phi) is 6.20. The monoisotopic (exact) mass is 489 g/mol. The molecule has 2 fully saturated rings. The molecule has 1 amide bonds. The molecule has 4 aliphatic rings. The zero-order chi connectivity index (χ0) is 25.0. The lowest BCUT2D eigenvalue weighted by atomic mass is 9.81. The number of pyridine rings is 1. The van der Waals surface area contributed by atoms with Gasteiger partial charge in [-0.3, -0.25) is 14.7 Å². The second kappa shape index (κ2) is 8.92. The van der Waals surface area contributed by atoms with Crippen LogP contribution in [0.15, 0.2) is 23.4 Å². The third-order valence-electron chi connectivity index (χ3n) is 8.07. The standard InChI is InChI=1S/C26H33F2N3O4/c1-16-14-31(15-18-12-19(25(3,27)28)13-29-22(16)18)23(32)21-17(2)24(33)35-26(21)6-8-30(9-7-26)20-4-10-34-11-5-20/h12-13,16,20H,4-11,14-15H2,1-3H3. The van der Waals surface area contributed by atoms with Crippen LogP contribution in [0, 0.1) is 0 Å². The van der Waals surface area contributed by atoms with Gasteiger partial charge in [0.1, 0.15) is 5.60 Å². The maximum absolute atomic E-state index is 13.9. The molecular formula is C26H33F2N3O4. The van der Waals surface area contributed by atoms with Crippen molar-refractivity contribution in [2.45, 2.75) is 76.5 Å². The van der Waals surface area contributed by atoms with E-state index in [4.69, 9.17) is 9.47 Å². The Morgan fingerprint density at radius 3 is 2.57 bits per heavy atom. The molecule has 7 nitrogen and oxygen atoms in total. The van der Waals surface area contributed by atoms with Crippen molar-refractivity contribution in [2.24, 2.45) is 0 Å². The maximum atomic E-state index is 13.9. The smallest absolute Gasteiger partial charge is 0.335 e. The lowest BCUT2D eigenvalue weighted by Gasteiger charge is -2.44. The van der Waals surface area contributed by atoms with E-state index in [1.807, 2.05) is 6.92 Å². The van der Waals surface area contributed by atoms with Crippen molar-refractivity contribution in [1.29, 1.82) is 0 Å². The molecule has 2 saturated heterocycles. The predicted molar refractivity (Wildman–Crippen MR) is 124 cm³/mol. The number of halogens is 2. The van der Waals surface area contributed by atoms with Gasteiger partial charge in [-0.25, -0.2) is 13.6 Å². The van der Waals surface area contributed by atoms with Crippen LogP contribution in [0.1, 0.15) is 69.2 Å². The molecule has 1 aromatic heterocycles. The number of likely N-dealkylation sites (tertiary alicyclic amines) is 1. The van der Waals surface area contributed by atoms with E-state index in [0.717, 1.165) is 51.8 Å². The van der Waals surface area contributed by atoms with Crippen molar-refractivity contribution in [3.8, 4) is 0 Å². The molecule has 0 bridgehead atoms. The highest BCUT2D eigenvalue weighted by Crippen LogP contribution is 2.43. The van der Waals surface area contributed by atoms with Gasteiger partial charge in [0, 0.05) is 94.1 Å². The molecular weight excluding hydrogens is 456 g/mol. The highest BCUT2D eigenvalue weighted by atomic mass is 19.3. The molecule has 35 heavy (non-hydrogen) atoms. The summed E-state index contributed by atoms with van der Waals surface area (Å²) in [7, 11) is 0. The van der Waals surface area contributed by atoms with Crippen LogP contribution < -0.4 is 0 Å². The highest BCUT2D eigenvalue weighted by molar-refractivity contribution is 6.07. The number of alkyl halides is 2. The van der Waals surface area contributed by atoms with E-state index in [9.17, 15) is 18.4 Å². The minimum absolute atomic E-state index is 0.104. The average molecular weight is 490 g/mol.